The molecule has 1 N–H and O–H groups in total. The molecule has 1 unspecified atom stereocenters. The number of carbonyl (C=O) groups excluding carboxylic acids is 2. The maximum Gasteiger partial charge on any atom is 0.274 e. The van der Waals surface area contributed by atoms with Crippen molar-refractivity contribution in [2.75, 3.05) is 13.1 Å². The molecular formula is C11H11Cl2N3O2. The minimum Gasteiger partial charge on any atom is -0.353 e. The topological polar surface area (TPSA) is 62.3 Å². The van der Waals surface area contributed by atoms with Gasteiger partial charge < -0.3 is 10.2 Å². The normalized spacial score (nSPS) is 19.6. The molecule has 0 spiro atoms. The lowest BCUT2D eigenvalue weighted by Crippen LogP contribution is -2.56. The zero-order valence-corrected chi connectivity index (χ0v) is 11.1. The van der Waals surface area contributed by atoms with Gasteiger partial charge in [-0.2, -0.15) is 0 Å². The van der Waals surface area contributed by atoms with E-state index in [1.165, 1.54) is 17.0 Å². The zero-order valence-electron chi connectivity index (χ0n) is 9.61. The molecule has 5 nitrogen and oxygen atoms in total. The second-order valence-electron chi connectivity index (χ2n) is 3.93. The van der Waals surface area contributed by atoms with Gasteiger partial charge in [-0.05, 0) is 19.1 Å². The summed E-state index contributed by atoms with van der Waals surface area (Å²) in [5.41, 5.74) is 0.0747. The highest BCUT2D eigenvalue weighted by molar-refractivity contribution is 6.34. The van der Waals surface area contributed by atoms with Gasteiger partial charge in [-0.3, -0.25) is 9.59 Å². The SMILES string of the molecule is CC1C(=O)NCCN1C(=O)c1nc(Cl)ccc1Cl. The largest absolute Gasteiger partial charge is 0.353 e. The molecule has 0 bridgehead atoms. The van der Waals surface area contributed by atoms with Crippen LogP contribution in [-0.4, -0.2) is 40.8 Å². The maximum atomic E-state index is 12.3. The van der Waals surface area contributed by atoms with Crippen molar-refractivity contribution in [2.45, 2.75) is 13.0 Å². The van der Waals surface area contributed by atoms with Crippen LogP contribution < -0.4 is 5.32 Å². The Balaban J connectivity index is 2.30. The van der Waals surface area contributed by atoms with Crippen LogP contribution in [-0.2, 0) is 4.79 Å². The van der Waals surface area contributed by atoms with E-state index in [0.717, 1.165) is 0 Å². The van der Waals surface area contributed by atoms with E-state index in [2.05, 4.69) is 10.3 Å². The van der Waals surface area contributed by atoms with Gasteiger partial charge in [-0.1, -0.05) is 23.2 Å². The van der Waals surface area contributed by atoms with Crippen LogP contribution >= 0.6 is 23.2 Å². The lowest BCUT2D eigenvalue weighted by Gasteiger charge is -2.32. The smallest absolute Gasteiger partial charge is 0.274 e. The van der Waals surface area contributed by atoms with Crippen molar-refractivity contribution in [3.8, 4) is 0 Å². The Hall–Kier alpha value is -1.33. The van der Waals surface area contributed by atoms with Gasteiger partial charge in [0.25, 0.3) is 5.91 Å². The van der Waals surface area contributed by atoms with E-state index in [0.29, 0.717) is 13.1 Å². The van der Waals surface area contributed by atoms with Crippen molar-refractivity contribution in [1.82, 2.24) is 15.2 Å². The molecule has 1 aromatic heterocycles. The molecule has 0 aliphatic carbocycles. The summed E-state index contributed by atoms with van der Waals surface area (Å²) in [5, 5.41) is 3.10. The summed E-state index contributed by atoms with van der Waals surface area (Å²) in [6, 6.07) is 2.48. The highest BCUT2D eigenvalue weighted by Gasteiger charge is 2.31. The quantitative estimate of drug-likeness (QED) is 0.793. The molecule has 7 heteroatoms. The van der Waals surface area contributed by atoms with Crippen molar-refractivity contribution < 1.29 is 9.59 Å². The fraction of sp³-hybridized carbons (Fsp3) is 0.364. The predicted molar refractivity (Wildman–Crippen MR) is 67.8 cm³/mol. The van der Waals surface area contributed by atoms with Gasteiger partial charge >= 0.3 is 0 Å². The van der Waals surface area contributed by atoms with Crippen LogP contribution in [0.5, 0.6) is 0 Å². The first-order chi connectivity index (χ1) is 8.50. The highest BCUT2D eigenvalue weighted by Crippen LogP contribution is 2.20. The molecule has 0 saturated carbocycles. The number of hydrogen-bond acceptors (Lipinski definition) is 3. The van der Waals surface area contributed by atoms with Gasteiger partial charge in [0.1, 0.15) is 16.9 Å². The monoisotopic (exact) mass is 287 g/mol. The summed E-state index contributed by atoms with van der Waals surface area (Å²) in [4.78, 5) is 29.1. The molecule has 1 saturated heterocycles. The van der Waals surface area contributed by atoms with Crippen LogP contribution in [0.15, 0.2) is 12.1 Å². The number of rotatable bonds is 1. The Bertz CT molecular complexity index is 507. The van der Waals surface area contributed by atoms with Crippen molar-refractivity contribution in [2.24, 2.45) is 0 Å². The standard InChI is InChI=1S/C11H11Cl2N3O2/c1-6-10(17)14-4-5-16(6)11(18)9-7(12)2-3-8(13)15-9/h2-3,6H,4-5H2,1H3,(H,14,17). The Morgan fingerprint density at radius 1 is 1.50 bits per heavy atom. The number of pyridine rings is 1. The van der Waals surface area contributed by atoms with Gasteiger partial charge in [0.05, 0.1) is 5.02 Å². The lowest BCUT2D eigenvalue weighted by molar-refractivity contribution is -0.127. The summed E-state index contributed by atoms with van der Waals surface area (Å²) >= 11 is 11.7. The second kappa shape index (κ2) is 5.12. The first-order valence-corrected chi connectivity index (χ1v) is 6.17. The molecule has 1 aliphatic heterocycles. The molecule has 2 amide bonds. The number of hydrogen-bond donors (Lipinski definition) is 1. The number of aromatic nitrogens is 1. The molecule has 18 heavy (non-hydrogen) atoms. The number of amides is 2. The highest BCUT2D eigenvalue weighted by atomic mass is 35.5. The number of nitrogens with one attached hydrogen (secondary N) is 1. The minimum atomic E-state index is -0.539. The van der Waals surface area contributed by atoms with Crippen LogP contribution in [0, 0.1) is 0 Å². The van der Waals surface area contributed by atoms with E-state index >= 15 is 0 Å². The molecular weight excluding hydrogens is 277 g/mol. The van der Waals surface area contributed by atoms with E-state index in [1.807, 2.05) is 0 Å². The van der Waals surface area contributed by atoms with E-state index in [9.17, 15) is 9.59 Å². The summed E-state index contributed by atoms with van der Waals surface area (Å²) in [5.74, 6) is -0.572. The molecule has 0 aromatic carbocycles. The number of carbonyl (C=O) groups is 2. The third kappa shape index (κ3) is 2.42. The van der Waals surface area contributed by atoms with Crippen LogP contribution in [0.2, 0.25) is 10.2 Å². The molecule has 1 fully saturated rings. The minimum absolute atomic E-state index is 0.0747. The van der Waals surface area contributed by atoms with Gasteiger partial charge in [-0.15, -0.1) is 0 Å². The van der Waals surface area contributed by atoms with Gasteiger partial charge in [-0.25, -0.2) is 4.98 Å². The third-order valence-corrected chi connectivity index (χ3v) is 3.29. The Labute approximate surface area is 114 Å². The van der Waals surface area contributed by atoms with Gasteiger partial charge in [0, 0.05) is 13.1 Å². The Morgan fingerprint density at radius 3 is 2.94 bits per heavy atom. The molecule has 2 heterocycles. The van der Waals surface area contributed by atoms with Gasteiger partial charge in [0.2, 0.25) is 5.91 Å². The molecule has 96 valence electrons. The van der Waals surface area contributed by atoms with E-state index in [1.54, 1.807) is 6.92 Å². The Kier molecular flexibility index (Phi) is 3.73. The average Bonchev–Trinajstić information content (AvgIpc) is 2.35. The van der Waals surface area contributed by atoms with Crippen LogP contribution in [0.25, 0.3) is 0 Å². The fourth-order valence-corrected chi connectivity index (χ4v) is 2.10. The average molecular weight is 288 g/mol. The molecule has 1 atom stereocenters. The molecule has 0 radical (unpaired) electrons. The summed E-state index contributed by atoms with van der Waals surface area (Å²) < 4.78 is 0. The maximum absolute atomic E-state index is 12.3. The van der Waals surface area contributed by atoms with Crippen molar-refractivity contribution in [3.05, 3.63) is 28.0 Å². The predicted octanol–water partition coefficient (Wildman–Crippen LogP) is 1.35. The number of halogens is 2. The van der Waals surface area contributed by atoms with E-state index in [4.69, 9.17) is 23.2 Å². The lowest BCUT2D eigenvalue weighted by atomic mass is 10.2. The number of piperazine rings is 1. The van der Waals surface area contributed by atoms with Gasteiger partial charge in [0.15, 0.2) is 0 Å². The first kappa shape index (κ1) is 13.1. The van der Waals surface area contributed by atoms with Crippen molar-refractivity contribution >= 4 is 35.0 Å². The second-order valence-corrected chi connectivity index (χ2v) is 4.72. The summed E-state index contributed by atoms with van der Waals surface area (Å²) in [7, 11) is 0. The fourth-order valence-electron chi connectivity index (χ4n) is 1.76. The van der Waals surface area contributed by atoms with Crippen LogP contribution in [0.3, 0.4) is 0 Å². The zero-order chi connectivity index (χ0) is 13.3. The van der Waals surface area contributed by atoms with E-state index < -0.39 is 6.04 Å². The van der Waals surface area contributed by atoms with Crippen molar-refractivity contribution in [3.63, 3.8) is 0 Å². The number of nitrogens with zero attached hydrogens (tertiary/aromatic N) is 2. The summed E-state index contributed by atoms with van der Waals surface area (Å²) in [6.45, 7) is 2.51. The van der Waals surface area contributed by atoms with Crippen molar-refractivity contribution in [1.29, 1.82) is 0 Å². The summed E-state index contributed by atoms with van der Waals surface area (Å²) in [6.07, 6.45) is 0. The molecule has 1 aliphatic rings. The van der Waals surface area contributed by atoms with Crippen LogP contribution in [0.1, 0.15) is 17.4 Å². The van der Waals surface area contributed by atoms with Crippen LogP contribution in [0.4, 0.5) is 0 Å². The first-order valence-electron chi connectivity index (χ1n) is 5.41. The van der Waals surface area contributed by atoms with E-state index in [-0.39, 0.29) is 27.7 Å². The third-order valence-electron chi connectivity index (χ3n) is 2.77. The molecule has 1 aromatic rings. The molecule has 2 rings (SSSR count). The Morgan fingerprint density at radius 2 is 2.22 bits per heavy atom.